The maximum absolute atomic E-state index is 7.63. The molecule has 4 aliphatic rings. The van der Waals surface area contributed by atoms with Crippen LogP contribution in [0.3, 0.4) is 0 Å². The van der Waals surface area contributed by atoms with E-state index in [1.54, 1.807) is 17.2 Å². The summed E-state index contributed by atoms with van der Waals surface area (Å²) in [4.78, 5) is 14.9. The fraction of sp³-hybridized carbons (Fsp3) is 0.0455. The van der Waals surface area contributed by atoms with Crippen molar-refractivity contribution in [1.82, 2.24) is 9.80 Å². The number of hydrogen-bond donors (Lipinski definition) is 0. The van der Waals surface area contributed by atoms with Crippen LogP contribution in [0.25, 0.3) is 0 Å². The zero-order valence-corrected chi connectivity index (χ0v) is 32.8. The minimum Gasteiger partial charge on any atom is -0.510 e. The molecule has 4 heterocycles. The van der Waals surface area contributed by atoms with Crippen LogP contribution in [0.15, 0.2) is 147 Å². The molecule has 10 nitrogen and oxygen atoms in total. The van der Waals surface area contributed by atoms with Crippen LogP contribution in [-0.2, 0) is 40.8 Å². The van der Waals surface area contributed by atoms with E-state index in [4.69, 9.17) is 13.6 Å². The summed E-state index contributed by atoms with van der Waals surface area (Å²) in [6, 6.07) is 44.3. The van der Waals surface area contributed by atoms with Gasteiger partial charge < -0.3 is 48.7 Å². The Bertz CT molecular complexity index is 2380. The van der Waals surface area contributed by atoms with Crippen LogP contribution in [0.5, 0.6) is 23.0 Å². The van der Waals surface area contributed by atoms with E-state index in [1.165, 1.54) is 17.8 Å². The molecule has 12 heteroatoms. The molecule has 0 unspecified atom stereocenters. The van der Waals surface area contributed by atoms with E-state index >= 15 is 0 Å². The Morgan fingerprint density at radius 3 is 1.09 bits per heavy atom. The molecule has 0 saturated carbocycles. The Morgan fingerprint density at radius 2 is 0.732 bits per heavy atom. The average Bonchev–Trinajstić information content (AvgIpc) is 4.06. The van der Waals surface area contributed by atoms with Crippen LogP contribution in [0, 0.1) is 50.9 Å². The Kier molecular flexibility index (Phi) is 10.6. The standard InChI is InChI=1S/C44H34N8O2.2Pd/c1-45-19-21-47(31-45)37-7-3-11-41(27-37)53-43-13-5-9-39(29-43)51-25-23-49(33-51)35-15-17-36(18-16-35)50-24-26-52(34-50)40-10-6-14-44(30-40)54-42-12-4-8-38(28-42)48-22-20-46(2)32-48;;/h3-26,31-34H,1-2H3;;/q-8;;/i1D3;;. The minimum absolute atomic E-state index is 0. The molecule has 0 radical (unpaired) electrons. The average molecular weight is 923 g/mol. The first-order valence-corrected chi connectivity index (χ1v) is 17.1. The zero-order valence-electron chi connectivity index (χ0n) is 32.7. The number of benzene rings is 5. The first-order valence-electron chi connectivity index (χ1n) is 18.6. The van der Waals surface area contributed by atoms with Gasteiger partial charge in [0.15, 0.2) is 0 Å². The number of ether oxygens (including phenoxy) is 2. The molecule has 0 atom stereocenters. The molecule has 5 aromatic rings. The van der Waals surface area contributed by atoms with Gasteiger partial charge in [-0.2, -0.15) is 37.6 Å². The van der Waals surface area contributed by atoms with Crippen LogP contribution in [0.1, 0.15) is 4.11 Å². The van der Waals surface area contributed by atoms with Crippen molar-refractivity contribution in [3.05, 3.63) is 198 Å². The first kappa shape index (κ1) is 34.8. The van der Waals surface area contributed by atoms with E-state index in [0.717, 1.165) is 28.4 Å². The van der Waals surface area contributed by atoms with Crippen molar-refractivity contribution in [2.24, 2.45) is 0 Å². The fourth-order valence-electron chi connectivity index (χ4n) is 6.01. The zero-order chi connectivity index (χ0) is 38.9. The summed E-state index contributed by atoms with van der Waals surface area (Å²) in [6.07, 6.45) is 15.1. The van der Waals surface area contributed by atoms with Crippen LogP contribution < -0.4 is 38.9 Å². The smallest absolute Gasteiger partial charge is 0.0429 e. The third-order valence-electron chi connectivity index (χ3n) is 8.69. The quantitative estimate of drug-likeness (QED) is 0.100. The van der Waals surface area contributed by atoms with Gasteiger partial charge in [-0.15, -0.1) is 109 Å². The van der Waals surface area contributed by atoms with E-state index < -0.39 is 6.98 Å². The molecule has 0 N–H and O–H groups in total. The molecule has 0 amide bonds. The molecule has 5 aromatic carbocycles. The van der Waals surface area contributed by atoms with Crippen molar-refractivity contribution in [2.45, 2.75) is 0 Å². The Morgan fingerprint density at radius 1 is 0.411 bits per heavy atom. The monoisotopic (exact) mass is 921 g/mol. The predicted octanol–water partition coefficient (Wildman–Crippen LogP) is 8.99. The third kappa shape index (κ3) is 8.60. The van der Waals surface area contributed by atoms with Crippen molar-refractivity contribution >= 4 is 34.1 Å². The summed E-state index contributed by atoms with van der Waals surface area (Å²) in [7, 11) is 1.98. The molecular weight excluding hydrogens is 885 g/mol. The summed E-state index contributed by atoms with van der Waals surface area (Å²) in [5.41, 5.74) is 5.16. The van der Waals surface area contributed by atoms with Crippen molar-refractivity contribution in [1.29, 1.82) is 0 Å². The van der Waals surface area contributed by atoms with E-state index in [9.17, 15) is 0 Å². The Labute approximate surface area is 360 Å². The summed E-state index contributed by atoms with van der Waals surface area (Å²) >= 11 is 0. The van der Waals surface area contributed by atoms with Crippen molar-refractivity contribution in [2.75, 3.05) is 43.4 Å². The van der Waals surface area contributed by atoms with Gasteiger partial charge >= 0.3 is 0 Å². The molecule has 0 saturated heterocycles. The topological polar surface area (TPSA) is 44.4 Å². The van der Waals surface area contributed by atoms with Crippen LogP contribution in [0.4, 0.5) is 34.1 Å². The van der Waals surface area contributed by atoms with Gasteiger partial charge in [0.05, 0.1) is 0 Å². The number of rotatable bonds is 10. The van der Waals surface area contributed by atoms with Gasteiger partial charge in [-0.05, 0) is 87.9 Å². The van der Waals surface area contributed by atoms with E-state index in [2.05, 4.69) is 53.4 Å². The van der Waals surface area contributed by atoms with Gasteiger partial charge in [0.1, 0.15) is 0 Å². The summed E-state index contributed by atoms with van der Waals surface area (Å²) in [6.45, 7) is 5.20. The van der Waals surface area contributed by atoms with Crippen molar-refractivity contribution in [3.63, 3.8) is 0 Å². The van der Waals surface area contributed by atoms with Gasteiger partial charge in [-0.25, -0.2) is 0 Å². The Balaban J connectivity index is 0.00000264. The first-order chi connectivity index (χ1) is 27.7. The summed E-state index contributed by atoms with van der Waals surface area (Å²) in [5.74, 6) is 2.19. The molecule has 0 fully saturated rings. The van der Waals surface area contributed by atoms with Gasteiger partial charge in [-0.3, -0.25) is 0 Å². The molecule has 290 valence electrons. The molecular formula is C44H34N8O2Pd2-8. The van der Waals surface area contributed by atoms with Gasteiger partial charge in [0, 0.05) is 79.3 Å². The third-order valence-corrected chi connectivity index (χ3v) is 8.69. The van der Waals surface area contributed by atoms with Crippen LogP contribution in [0.2, 0.25) is 0 Å². The number of nitrogens with zero attached hydrogens (tertiary/aromatic N) is 8. The maximum Gasteiger partial charge on any atom is 0.0429 e. The maximum atomic E-state index is 7.63. The van der Waals surface area contributed by atoms with Crippen molar-refractivity contribution < 1.29 is 54.4 Å². The van der Waals surface area contributed by atoms with Crippen LogP contribution >= 0.6 is 0 Å². The second kappa shape index (κ2) is 17.0. The summed E-state index contributed by atoms with van der Waals surface area (Å²) < 4.78 is 35.2. The van der Waals surface area contributed by atoms with E-state index in [1.807, 2.05) is 155 Å². The SMILES string of the molecule is [2H]C([2H])([2H])N1C=CN(c2[c-]c(Oc3[c-]c(N4C=CN(c5ccc(N6C=CN(c7[c-]c(Oc8[c-]c(N9C=CN(C)[CH-]9)ccc8)ccc7)[CH-]6)cc5)[CH-]4)ccc3)ccc2)[CH-]1.[Pd].[Pd]. The Hall–Kier alpha value is -5.62. The summed E-state index contributed by atoms with van der Waals surface area (Å²) in [5, 5.41) is 0. The second-order valence-electron chi connectivity index (χ2n) is 12.5. The molecule has 0 aromatic heterocycles. The van der Waals surface area contributed by atoms with E-state index in [0.29, 0.717) is 28.7 Å². The molecule has 0 spiro atoms. The van der Waals surface area contributed by atoms with Crippen molar-refractivity contribution in [3.8, 4) is 23.0 Å². The normalized spacial score (nSPS) is 16.6. The molecule has 4 aliphatic heterocycles. The van der Waals surface area contributed by atoms with Gasteiger partial charge in [0.25, 0.3) is 0 Å². The number of hydrogen-bond acceptors (Lipinski definition) is 10. The van der Waals surface area contributed by atoms with Crippen LogP contribution in [-0.4, -0.2) is 23.8 Å². The largest absolute Gasteiger partial charge is 0.510 e. The number of anilines is 6. The molecule has 9 rings (SSSR count). The second-order valence-corrected chi connectivity index (χ2v) is 12.5. The predicted molar refractivity (Wildman–Crippen MR) is 212 cm³/mol. The van der Waals surface area contributed by atoms with E-state index in [-0.39, 0.29) is 40.8 Å². The van der Waals surface area contributed by atoms with Gasteiger partial charge in [0.2, 0.25) is 0 Å². The molecule has 0 bridgehead atoms. The molecule has 0 aliphatic carbocycles. The fourth-order valence-corrected chi connectivity index (χ4v) is 6.01. The molecule has 56 heavy (non-hydrogen) atoms. The minimum atomic E-state index is -2.26. The van der Waals surface area contributed by atoms with Gasteiger partial charge in [-0.1, -0.05) is 0 Å².